The molecule has 1 saturated heterocycles. The van der Waals surface area contributed by atoms with E-state index in [0.29, 0.717) is 23.3 Å². The molecule has 31 heavy (non-hydrogen) atoms. The first-order valence-corrected chi connectivity index (χ1v) is 10.3. The van der Waals surface area contributed by atoms with Gasteiger partial charge in [0.25, 0.3) is 5.56 Å². The van der Waals surface area contributed by atoms with Gasteiger partial charge in [0.15, 0.2) is 0 Å². The lowest BCUT2D eigenvalue weighted by Gasteiger charge is -2.47. The molecule has 1 unspecified atom stereocenters. The van der Waals surface area contributed by atoms with Crippen molar-refractivity contribution in [1.82, 2.24) is 19.4 Å². The quantitative estimate of drug-likeness (QED) is 0.648. The summed E-state index contributed by atoms with van der Waals surface area (Å²) in [5.74, 6) is -0.344. The first-order valence-electron chi connectivity index (χ1n) is 10.3. The Morgan fingerprint density at radius 1 is 1.19 bits per heavy atom. The van der Waals surface area contributed by atoms with Gasteiger partial charge in [-0.15, -0.1) is 0 Å². The normalized spacial score (nSPS) is 20.6. The van der Waals surface area contributed by atoms with Gasteiger partial charge in [0.05, 0.1) is 23.1 Å². The topological polar surface area (TPSA) is 78.0 Å². The molecule has 0 amide bonds. The number of fused-ring (bicyclic) bond motifs is 1. The highest BCUT2D eigenvalue weighted by Gasteiger charge is 2.34. The second-order valence-corrected chi connectivity index (χ2v) is 8.23. The fraction of sp³-hybridized carbons (Fsp3) is 0.391. The Kier molecular flexibility index (Phi) is 5.46. The highest BCUT2D eigenvalue weighted by Crippen LogP contribution is 2.31. The third kappa shape index (κ3) is 3.77. The summed E-state index contributed by atoms with van der Waals surface area (Å²) >= 11 is 0. The van der Waals surface area contributed by atoms with E-state index in [0.717, 1.165) is 17.9 Å². The maximum Gasteiger partial charge on any atom is 0.252 e. The van der Waals surface area contributed by atoms with Crippen LogP contribution in [0.15, 0.2) is 41.3 Å². The zero-order valence-electron chi connectivity index (χ0n) is 18.1. The maximum absolute atomic E-state index is 13.3. The van der Waals surface area contributed by atoms with Crippen molar-refractivity contribution in [2.24, 2.45) is 7.05 Å². The van der Waals surface area contributed by atoms with Crippen molar-refractivity contribution in [2.75, 3.05) is 18.0 Å². The number of piperazine rings is 1. The van der Waals surface area contributed by atoms with E-state index in [9.17, 15) is 14.4 Å². The van der Waals surface area contributed by atoms with Crippen LogP contribution in [-0.2, 0) is 7.05 Å². The standard InChI is InChI=1S/C23H25FN6O/c1-14-13-30(15(2)12-29(14)16(3)19-7-5-17(24)11-26-19)21-9-22(31)28(4)20-8-6-18(10-25)27-23(20)21/h5-9,11,14-16H,12-13H2,1-4H3/t14-,15+,16?/m1/s1. The minimum absolute atomic E-state index is 0.0314. The van der Waals surface area contributed by atoms with Crippen LogP contribution in [0.5, 0.6) is 0 Å². The first-order chi connectivity index (χ1) is 14.8. The lowest BCUT2D eigenvalue weighted by atomic mass is 10.0. The summed E-state index contributed by atoms with van der Waals surface area (Å²) in [6, 6.07) is 10.6. The second-order valence-electron chi connectivity index (χ2n) is 8.23. The molecule has 4 heterocycles. The van der Waals surface area contributed by atoms with Crippen LogP contribution in [0.3, 0.4) is 0 Å². The van der Waals surface area contributed by atoms with Gasteiger partial charge in [-0.25, -0.2) is 9.37 Å². The van der Waals surface area contributed by atoms with E-state index in [4.69, 9.17) is 0 Å². The maximum atomic E-state index is 13.3. The number of halogens is 1. The molecule has 1 aliphatic rings. The van der Waals surface area contributed by atoms with Crippen molar-refractivity contribution in [3.8, 4) is 6.07 Å². The van der Waals surface area contributed by atoms with E-state index in [2.05, 4.69) is 46.6 Å². The minimum Gasteiger partial charge on any atom is -0.364 e. The van der Waals surface area contributed by atoms with Crippen molar-refractivity contribution < 1.29 is 4.39 Å². The molecule has 7 nitrogen and oxygen atoms in total. The van der Waals surface area contributed by atoms with Crippen LogP contribution in [0.4, 0.5) is 10.1 Å². The molecule has 3 aromatic rings. The highest BCUT2D eigenvalue weighted by atomic mass is 19.1. The number of nitriles is 1. The number of aromatic nitrogens is 3. The average Bonchev–Trinajstić information content (AvgIpc) is 2.77. The van der Waals surface area contributed by atoms with Crippen LogP contribution >= 0.6 is 0 Å². The van der Waals surface area contributed by atoms with Crippen LogP contribution in [0, 0.1) is 17.1 Å². The van der Waals surface area contributed by atoms with Crippen LogP contribution in [0.25, 0.3) is 11.0 Å². The number of anilines is 1. The number of nitrogens with zero attached hydrogens (tertiary/aromatic N) is 6. The Balaban J connectivity index is 1.69. The monoisotopic (exact) mass is 420 g/mol. The molecule has 1 aliphatic heterocycles. The third-order valence-electron chi connectivity index (χ3n) is 6.20. The van der Waals surface area contributed by atoms with Gasteiger partial charge >= 0.3 is 0 Å². The summed E-state index contributed by atoms with van der Waals surface area (Å²) in [5.41, 5.74) is 3.15. The fourth-order valence-corrected chi connectivity index (χ4v) is 4.43. The largest absolute Gasteiger partial charge is 0.364 e. The molecule has 0 spiro atoms. The van der Waals surface area contributed by atoms with Crippen LogP contribution in [-0.4, -0.2) is 44.6 Å². The van der Waals surface area contributed by atoms with Gasteiger partial charge in [0, 0.05) is 44.3 Å². The Bertz CT molecular complexity index is 1220. The van der Waals surface area contributed by atoms with Gasteiger partial charge in [0.2, 0.25) is 0 Å². The fourth-order valence-electron chi connectivity index (χ4n) is 4.43. The summed E-state index contributed by atoms with van der Waals surface area (Å²) in [6.45, 7) is 7.76. The molecule has 0 bridgehead atoms. The Labute approximate surface area is 180 Å². The number of pyridine rings is 3. The molecular weight excluding hydrogens is 395 g/mol. The van der Waals surface area contributed by atoms with Crippen molar-refractivity contribution >= 4 is 16.7 Å². The summed E-state index contributed by atoms with van der Waals surface area (Å²) in [5, 5.41) is 9.31. The minimum atomic E-state index is -0.344. The summed E-state index contributed by atoms with van der Waals surface area (Å²) in [7, 11) is 1.71. The first kappa shape index (κ1) is 20.9. The van der Waals surface area contributed by atoms with Gasteiger partial charge < -0.3 is 9.47 Å². The molecule has 160 valence electrons. The van der Waals surface area contributed by atoms with E-state index in [1.807, 2.05) is 0 Å². The number of hydrogen-bond donors (Lipinski definition) is 0. The van der Waals surface area contributed by atoms with Crippen molar-refractivity contribution in [1.29, 1.82) is 5.26 Å². The predicted octanol–water partition coefficient (Wildman–Crippen LogP) is 3.00. The zero-order chi connectivity index (χ0) is 22.3. The zero-order valence-corrected chi connectivity index (χ0v) is 18.1. The molecule has 1 fully saturated rings. The smallest absolute Gasteiger partial charge is 0.252 e. The van der Waals surface area contributed by atoms with E-state index >= 15 is 0 Å². The van der Waals surface area contributed by atoms with Crippen molar-refractivity contribution in [2.45, 2.75) is 38.9 Å². The lowest BCUT2D eigenvalue weighted by molar-refractivity contribution is 0.117. The molecule has 0 N–H and O–H groups in total. The number of rotatable bonds is 3. The van der Waals surface area contributed by atoms with Crippen LogP contribution in [0.2, 0.25) is 0 Å². The van der Waals surface area contributed by atoms with Gasteiger partial charge in [-0.1, -0.05) is 0 Å². The molecule has 0 aromatic carbocycles. The lowest BCUT2D eigenvalue weighted by Crippen LogP contribution is -2.57. The van der Waals surface area contributed by atoms with Gasteiger partial charge in [-0.3, -0.25) is 14.7 Å². The predicted molar refractivity (Wildman–Crippen MR) is 117 cm³/mol. The third-order valence-corrected chi connectivity index (χ3v) is 6.20. The van der Waals surface area contributed by atoms with E-state index in [1.54, 1.807) is 35.9 Å². The van der Waals surface area contributed by atoms with E-state index in [1.165, 1.54) is 12.3 Å². The van der Waals surface area contributed by atoms with Gasteiger partial charge in [-0.05, 0) is 45.0 Å². The molecular formula is C23H25FN6O. The molecule has 4 rings (SSSR count). The highest BCUT2D eigenvalue weighted by molar-refractivity contribution is 5.89. The second kappa shape index (κ2) is 8.08. The van der Waals surface area contributed by atoms with E-state index < -0.39 is 0 Å². The summed E-state index contributed by atoms with van der Waals surface area (Å²) < 4.78 is 14.8. The SMILES string of the molecule is CC(c1ccc(F)cn1)N1C[C@H](C)N(c2cc(=O)n(C)c3ccc(C#N)nc23)C[C@H]1C. The number of aryl methyl sites for hydroxylation is 1. The molecule has 0 saturated carbocycles. The van der Waals surface area contributed by atoms with Crippen molar-refractivity contribution in [3.63, 3.8) is 0 Å². The van der Waals surface area contributed by atoms with Crippen LogP contribution in [0.1, 0.15) is 38.2 Å². The van der Waals surface area contributed by atoms with E-state index in [-0.39, 0.29) is 29.5 Å². The van der Waals surface area contributed by atoms with Crippen molar-refractivity contribution in [3.05, 3.63) is 64.1 Å². The average molecular weight is 420 g/mol. The molecule has 8 heteroatoms. The van der Waals surface area contributed by atoms with Gasteiger partial charge in [-0.2, -0.15) is 5.26 Å². The molecule has 3 aromatic heterocycles. The number of hydrogen-bond acceptors (Lipinski definition) is 6. The Hall–Kier alpha value is -3.31. The molecule has 3 atom stereocenters. The van der Waals surface area contributed by atoms with Crippen LogP contribution < -0.4 is 10.5 Å². The molecule has 0 aliphatic carbocycles. The Morgan fingerprint density at radius 3 is 2.65 bits per heavy atom. The summed E-state index contributed by atoms with van der Waals surface area (Å²) in [6.07, 6.45) is 1.25. The summed E-state index contributed by atoms with van der Waals surface area (Å²) in [4.78, 5) is 25.9. The molecule has 0 radical (unpaired) electrons. The van der Waals surface area contributed by atoms with Gasteiger partial charge in [0.1, 0.15) is 23.1 Å². The Morgan fingerprint density at radius 2 is 1.97 bits per heavy atom.